The molecule has 0 spiro atoms. The standard InChI is InChI=1S/C13H14N2O4/c1-3-18-11-7-5-4-6-10(11)15(13(16)17-2)12-8-9-14-19-12/h4-9H,3H2,1-2H3. The first-order chi connectivity index (χ1) is 9.27. The SMILES string of the molecule is CCOc1ccccc1N(C(=O)OC)c1ccno1. The number of anilines is 2. The zero-order valence-electron chi connectivity index (χ0n) is 10.7. The Labute approximate surface area is 110 Å². The van der Waals surface area contributed by atoms with Gasteiger partial charge in [-0.25, -0.2) is 9.69 Å². The van der Waals surface area contributed by atoms with Crippen LogP contribution in [0.15, 0.2) is 41.1 Å². The number of rotatable bonds is 4. The zero-order valence-corrected chi connectivity index (χ0v) is 10.7. The molecule has 0 saturated heterocycles. The molecule has 1 heterocycles. The second-order valence-electron chi connectivity index (χ2n) is 3.56. The van der Waals surface area contributed by atoms with Crippen molar-refractivity contribution in [2.75, 3.05) is 18.6 Å². The van der Waals surface area contributed by atoms with Crippen molar-refractivity contribution in [3.05, 3.63) is 36.5 Å². The molecule has 0 unspecified atom stereocenters. The summed E-state index contributed by atoms with van der Waals surface area (Å²) in [6.07, 6.45) is 0.873. The van der Waals surface area contributed by atoms with E-state index < -0.39 is 6.09 Å². The van der Waals surface area contributed by atoms with Gasteiger partial charge in [-0.15, -0.1) is 0 Å². The first-order valence-corrected chi connectivity index (χ1v) is 5.78. The number of hydrogen-bond acceptors (Lipinski definition) is 5. The molecule has 0 radical (unpaired) electrons. The van der Waals surface area contributed by atoms with Crippen LogP contribution in [0.5, 0.6) is 5.75 Å². The molecule has 1 amide bonds. The lowest BCUT2D eigenvalue weighted by Crippen LogP contribution is -2.25. The molecule has 1 aromatic heterocycles. The van der Waals surface area contributed by atoms with Gasteiger partial charge in [0, 0.05) is 6.07 Å². The van der Waals surface area contributed by atoms with Gasteiger partial charge in [0.05, 0.1) is 25.6 Å². The van der Waals surface area contributed by atoms with Crippen LogP contribution in [-0.2, 0) is 4.74 Å². The highest BCUT2D eigenvalue weighted by molar-refractivity contribution is 5.96. The lowest BCUT2D eigenvalue weighted by Gasteiger charge is -2.20. The number of amides is 1. The van der Waals surface area contributed by atoms with Crippen molar-refractivity contribution in [2.45, 2.75) is 6.92 Å². The number of nitrogens with zero attached hydrogens (tertiary/aromatic N) is 2. The fourth-order valence-corrected chi connectivity index (χ4v) is 1.64. The molecule has 100 valence electrons. The predicted molar refractivity (Wildman–Crippen MR) is 68.7 cm³/mol. The number of carbonyl (C=O) groups is 1. The van der Waals surface area contributed by atoms with Crippen LogP contribution in [0.3, 0.4) is 0 Å². The lowest BCUT2D eigenvalue weighted by molar-refractivity contribution is 0.180. The van der Waals surface area contributed by atoms with Crippen molar-refractivity contribution in [2.24, 2.45) is 0 Å². The van der Waals surface area contributed by atoms with Gasteiger partial charge in [0.2, 0.25) is 5.88 Å². The van der Waals surface area contributed by atoms with Gasteiger partial charge in [-0.3, -0.25) is 0 Å². The molecule has 0 aliphatic carbocycles. The lowest BCUT2D eigenvalue weighted by atomic mass is 10.2. The van der Waals surface area contributed by atoms with Gasteiger partial charge >= 0.3 is 6.09 Å². The Bertz CT molecular complexity index is 539. The number of benzene rings is 1. The summed E-state index contributed by atoms with van der Waals surface area (Å²) in [5, 5.41) is 3.60. The Morgan fingerprint density at radius 3 is 2.79 bits per heavy atom. The smallest absolute Gasteiger partial charge is 0.421 e. The summed E-state index contributed by atoms with van der Waals surface area (Å²) in [5.74, 6) is 0.825. The minimum absolute atomic E-state index is 0.263. The van der Waals surface area contributed by atoms with Crippen molar-refractivity contribution in [3.63, 3.8) is 0 Å². The molecule has 0 fully saturated rings. The Balaban J connectivity index is 2.47. The Morgan fingerprint density at radius 2 is 2.16 bits per heavy atom. The quantitative estimate of drug-likeness (QED) is 0.847. The molecule has 19 heavy (non-hydrogen) atoms. The first kappa shape index (κ1) is 12.9. The molecule has 6 nitrogen and oxygen atoms in total. The average molecular weight is 262 g/mol. The maximum Gasteiger partial charge on any atom is 0.421 e. The highest BCUT2D eigenvalue weighted by Crippen LogP contribution is 2.34. The van der Waals surface area contributed by atoms with E-state index in [-0.39, 0.29) is 5.88 Å². The molecule has 1 aromatic carbocycles. The van der Waals surface area contributed by atoms with E-state index in [0.29, 0.717) is 18.0 Å². The second-order valence-corrected chi connectivity index (χ2v) is 3.56. The van der Waals surface area contributed by atoms with Crippen LogP contribution < -0.4 is 9.64 Å². The molecule has 0 atom stereocenters. The first-order valence-electron chi connectivity index (χ1n) is 5.78. The number of para-hydroxylation sites is 2. The van der Waals surface area contributed by atoms with Gasteiger partial charge in [-0.2, -0.15) is 0 Å². The van der Waals surface area contributed by atoms with Gasteiger partial charge in [-0.05, 0) is 19.1 Å². The topological polar surface area (TPSA) is 64.8 Å². The average Bonchev–Trinajstić information content (AvgIpc) is 2.95. The predicted octanol–water partition coefficient (Wildman–Crippen LogP) is 2.98. The van der Waals surface area contributed by atoms with Gasteiger partial charge in [-0.1, -0.05) is 17.3 Å². The number of carbonyl (C=O) groups excluding carboxylic acids is 1. The van der Waals surface area contributed by atoms with Crippen LogP contribution in [0.25, 0.3) is 0 Å². The molecule has 0 N–H and O–H groups in total. The van der Waals surface area contributed by atoms with Crippen LogP contribution in [0.1, 0.15) is 6.92 Å². The fourth-order valence-electron chi connectivity index (χ4n) is 1.64. The van der Waals surface area contributed by atoms with E-state index in [1.807, 2.05) is 13.0 Å². The molecule has 2 aromatic rings. The van der Waals surface area contributed by atoms with Gasteiger partial charge in [0.1, 0.15) is 5.75 Å². The fraction of sp³-hybridized carbons (Fsp3) is 0.231. The number of aromatic nitrogens is 1. The van der Waals surface area contributed by atoms with E-state index in [4.69, 9.17) is 14.0 Å². The number of methoxy groups -OCH3 is 1. The van der Waals surface area contributed by atoms with Crippen molar-refractivity contribution in [1.82, 2.24) is 5.16 Å². The molecule has 0 aliphatic heterocycles. The third kappa shape index (κ3) is 2.67. The molecule has 2 rings (SSSR count). The number of ether oxygens (including phenoxy) is 2. The highest BCUT2D eigenvalue weighted by atomic mass is 16.6. The summed E-state index contributed by atoms with van der Waals surface area (Å²) in [5.41, 5.74) is 0.535. The summed E-state index contributed by atoms with van der Waals surface area (Å²) in [6, 6.07) is 8.70. The normalized spacial score (nSPS) is 10.0. The molecular weight excluding hydrogens is 248 g/mol. The van der Waals surface area contributed by atoms with Crippen LogP contribution in [0, 0.1) is 0 Å². The van der Waals surface area contributed by atoms with E-state index in [1.165, 1.54) is 18.2 Å². The minimum Gasteiger partial charge on any atom is -0.492 e. The van der Waals surface area contributed by atoms with Crippen molar-refractivity contribution < 1.29 is 18.8 Å². The molecule has 0 saturated carbocycles. The van der Waals surface area contributed by atoms with E-state index in [0.717, 1.165) is 0 Å². The van der Waals surface area contributed by atoms with Gasteiger partial charge < -0.3 is 14.0 Å². The van der Waals surface area contributed by atoms with E-state index in [2.05, 4.69) is 5.16 Å². The summed E-state index contributed by atoms with van der Waals surface area (Å²) in [6.45, 7) is 2.36. The highest BCUT2D eigenvalue weighted by Gasteiger charge is 2.24. The Morgan fingerprint density at radius 1 is 1.37 bits per heavy atom. The largest absolute Gasteiger partial charge is 0.492 e. The number of hydrogen-bond donors (Lipinski definition) is 0. The van der Waals surface area contributed by atoms with Crippen molar-refractivity contribution >= 4 is 17.7 Å². The third-order valence-electron chi connectivity index (χ3n) is 2.41. The van der Waals surface area contributed by atoms with Crippen LogP contribution >= 0.6 is 0 Å². The molecule has 6 heteroatoms. The summed E-state index contributed by atoms with van der Waals surface area (Å²) >= 11 is 0. The Kier molecular flexibility index (Phi) is 4.02. The second kappa shape index (κ2) is 5.90. The maximum absolute atomic E-state index is 11.9. The molecular formula is C13H14N2O4. The third-order valence-corrected chi connectivity index (χ3v) is 2.41. The van der Waals surface area contributed by atoms with Crippen LogP contribution in [-0.4, -0.2) is 25.0 Å². The maximum atomic E-state index is 11.9. The van der Waals surface area contributed by atoms with Crippen molar-refractivity contribution in [1.29, 1.82) is 0 Å². The minimum atomic E-state index is -0.580. The molecule has 0 aliphatic rings. The van der Waals surface area contributed by atoms with Crippen LogP contribution in [0.4, 0.5) is 16.4 Å². The van der Waals surface area contributed by atoms with Gasteiger partial charge in [0.25, 0.3) is 0 Å². The van der Waals surface area contributed by atoms with Crippen LogP contribution in [0.2, 0.25) is 0 Å². The Hall–Kier alpha value is -2.50. The summed E-state index contributed by atoms with van der Waals surface area (Å²) in [4.78, 5) is 13.2. The van der Waals surface area contributed by atoms with Crippen molar-refractivity contribution in [3.8, 4) is 5.75 Å². The molecule has 0 bridgehead atoms. The van der Waals surface area contributed by atoms with Gasteiger partial charge in [0.15, 0.2) is 0 Å². The summed E-state index contributed by atoms with van der Waals surface area (Å²) < 4.78 is 15.3. The van der Waals surface area contributed by atoms with E-state index in [9.17, 15) is 4.79 Å². The zero-order chi connectivity index (χ0) is 13.7. The van der Waals surface area contributed by atoms with E-state index in [1.54, 1.807) is 24.3 Å². The monoisotopic (exact) mass is 262 g/mol. The van der Waals surface area contributed by atoms with E-state index >= 15 is 0 Å². The summed E-state index contributed by atoms with van der Waals surface area (Å²) in [7, 11) is 1.30.